The molecule has 0 aliphatic rings. The van der Waals surface area contributed by atoms with Gasteiger partial charge in [0.25, 0.3) is 0 Å². The van der Waals surface area contributed by atoms with Crippen LogP contribution in [-0.4, -0.2) is 9.97 Å². The highest BCUT2D eigenvalue weighted by molar-refractivity contribution is 6.30. The van der Waals surface area contributed by atoms with Crippen LogP contribution in [0.15, 0.2) is 30.5 Å². The predicted molar refractivity (Wildman–Crippen MR) is 70.0 cm³/mol. The summed E-state index contributed by atoms with van der Waals surface area (Å²) in [6.07, 6.45) is 2.94. The number of aryl methyl sites for hydroxylation is 2. The summed E-state index contributed by atoms with van der Waals surface area (Å²) >= 11 is 5.81. The molecule has 0 unspecified atom stereocenters. The van der Waals surface area contributed by atoms with E-state index in [4.69, 9.17) is 22.6 Å². The van der Waals surface area contributed by atoms with Crippen molar-refractivity contribution in [3.8, 4) is 6.07 Å². The van der Waals surface area contributed by atoms with Crippen molar-refractivity contribution in [1.29, 1.82) is 5.26 Å². The molecule has 2 N–H and O–H groups in total. The van der Waals surface area contributed by atoms with Gasteiger partial charge in [0.1, 0.15) is 23.3 Å². The van der Waals surface area contributed by atoms with Crippen LogP contribution in [0.2, 0.25) is 5.02 Å². The topological polar surface area (TPSA) is 75.6 Å². The Kier molecular flexibility index (Phi) is 3.75. The number of nitrogen functional groups attached to an aromatic ring is 1. The number of hydrogen-bond acceptors (Lipinski definition) is 4. The van der Waals surface area contributed by atoms with Gasteiger partial charge in [0, 0.05) is 11.4 Å². The second-order valence-corrected chi connectivity index (χ2v) is 4.26. The zero-order valence-electron chi connectivity index (χ0n) is 9.60. The van der Waals surface area contributed by atoms with Gasteiger partial charge < -0.3 is 5.73 Å². The molecule has 0 atom stereocenters. The number of benzene rings is 1. The maximum absolute atomic E-state index is 8.72. The Balaban J connectivity index is 2.04. The van der Waals surface area contributed by atoms with Crippen molar-refractivity contribution in [2.45, 2.75) is 12.8 Å². The van der Waals surface area contributed by atoms with Crippen molar-refractivity contribution in [3.05, 3.63) is 52.4 Å². The van der Waals surface area contributed by atoms with E-state index in [1.54, 1.807) is 0 Å². The van der Waals surface area contributed by atoms with Gasteiger partial charge in [-0.3, -0.25) is 0 Å². The molecular formula is C13H11ClN4. The number of nitrogens with zero attached hydrogens (tertiary/aromatic N) is 3. The fourth-order valence-electron chi connectivity index (χ4n) is 1.55. The molecule has 0 radical (unpaired) electrons. The van der Waals surface area contributed by atoms with E-state index in [1.807, 2.05) is 30.3 Å². The van der Waals surface area contributed by atoms with Crippen LogP contribution in [0.1, 0.15) is 17.0 Å². The number of halogens is 1. The molecule has 4 nitrogen and oxygen atoms in total. The summed E-state index contributed by atoms with van der Waals surface area (Å²) in [4.78, 5) is 8.20. The zero-order chi connectivity index (χ0) is 13.0. The Morgan fingerprint density at radius 2 is 1.94 bits per heavy atom. The van der Waals surface area contributed by atoms with Crippen molar-refractivity contribution >= 4 is 17.4 Å². The third-order valence-corrected chi connectivity index (χ3v) is 2.79. The first-order chi connectivity index (χ1) is 8.69. The fourth-order valence-corrected chi connectivity index (χ4v) is 1.67. The number of nitriles is 1. The van der Waals surface area contributed by atoms with E-state index in [9.17, 15) is 0 Å². The fraction of sp³-hybridized carbons (Fsp3) is 0.154. The van der Waals surface area contributed by atoms with Crippen molar-refractivity contribution in [1.82, 2.24) is 9.97 Å². The second-order valence-electron chi connectivity index (χ2n) is 3.82. The van der Waals surface area contributed by atoms with E-state index in [1.165, 1.54) is 6.20 Å². The summed E-state index contributed by atoms with van der Waals surface area (Å²) in [7, 11) is 0. The Hall–Kier alpha value is -2.12. The highest BCUT2D eigenvalue weighted by atomic mass is 35.5. The Morgan fingerprint density at radius 3 is 2.56 bits per heavy atom. The van der Waals surface area contributed by atoms with Crippen molar-refractivity contribution in [3.63, 3.8) is 0 Å². The van der Waals surface area contributed by atoms with Crippen molar-refractivity contribution in [2.75, 3.05) is 5.73 Å². The summed E-state index contributed by atoms with van der Waals surface area (Å²) < 4.78 is 0. The highest BCUT2D eigenvalue weighted by Crippen LogP contribution is 2.12. The number of rotatable bonds is 3. The molecule has 0 aliphatic carbocycles. The van der Waals surface area contributed by atoms with Crippen LogP contribution >= 0.6 is 11.6 Å². The Labute approximate surface area is 110 Å². The molecule has 0 aliphatic heterocycles. The minimum absolute atomic E-state index is 0.235. The van der Waals surface area contributed by atoms with Crippen LogP contribution in [0.3, 0.4) is 0 Å². The maximum Gasteiger partial charge on any atom is 0.145 e. The minimum atomic E-state index is 0.235. The van der Waals surface area contributed by atoms with E-state index in [-0.39, 0.29) is 5.82 Å². The summed E-state index contributed by atoms with van der Waals surface area (Å²) in [5.74, 6) is 0.875. The molecule has 0 saturated carbocycles. The minimum Gasteiger partial charge on any atom is -0.382 e. The van der Waals surface area contributed by atoms with Gasteiger partial charge in [-0.25, -0.2) is 9.97 Å². The van der Waals surface area contributed by atoms with E-state index in [2.05, 4.69) is 9.97 Å². The number of anilines is 1. The third-order valence-electron chi connectivity index (χ3n) is 2.54. The molecule has 1 heterocycles. The van der Waals surface area contributed by atoms with E-state index >= 15 is 0 Å². The average molecular weight is 259 g/mol. The lowest BCUT2D eigenvalue weighted by Crippen LogP contribution is -2.03. The van der Waals surface area contributed by atoms with Gasteiger partial charge in [0.2, 0.25) is 0 Å². The normalized spacial score (nSPS) is 10.0. The molecule has 1 aromatic carbocycles. The summed E-state index contributed by atoms with van der Waals surface area (Å²) in [6.45, 7) is 0. The number of nitrogens with two attached hydrogens (primary N) is 1. The van der Waals surface area contributed by atoms with Crippen LogP contribution in [0.25, 0.3) is 0 Å². The molecule has 5 heteroatoms. The molecule has 0 spiro atoms. The van der Waals surface area contributed by atoms with Gasteiger partial charge in [-0.05, 0) is 24.1 Å². The van der Waals surface area contributed by atoms with Gasteiger partial charge in [0.05, 0.1) is 6.20 Å². The SMILES string of the molecule is N#Cc1cnc(CCc2ccc(Cl)cc2)nc1N. The lowest BCUT2D eigenvalue weighted by Gasteiger charge is -2.03. The van der Waals surface area contributed by atoms with Crippen LogP contribution < -0.4 is 5.73 Å². The summed E-state index contributed by atoms with van der Waals surface area (Å²) in [6, 6.07) is 9.58. The summed E-state index contributed by atoms with van der Waals surface area (Å²) in [5.41, 5.74) is 7.10. The molecule has 2 aromatic rings. The van der Waals surface area contributed by atoms with E-state index in [0.29, 0.717) is 17.8 Å². The largest absolute Gasteiger partial charge is 0.382 e. The van der Waals surface area contributed by atoms with Crippen LogP contribution in [0.5, 0.6) is 0 Å². The van der Waals surface area contributed by atoms with Crippen LogP contribution in [-0.2, 0) is 12.8 Å². The number of hydrogen-bond donors (Lipinski definition) is 1. The van der Waals surface area contributed by atoms with Crippen LogP contribution in [0.4, 0.5) is 5.82 Å². The Bertz CT molecular complexity index is 587. The molecule has 90 valence electrons. The summed E-state index contributed by atoms with van der Waals surface area (Å²) in [5, 5.41) is 9.44. The third kappa shape index (κ3) is 2.96. The first-order valence-corrected chi connectivity index (χ1v) is 5.83. The molecule has 0 fully saturated rings. The number of aromatic nitrogens is 2. The first-order valence-electron chi connectivity index (χ1n) is 5.45. The lowest BCUT2D eigenvalue weighted by molar-refractivity contribution is 0.859. The highest BCUT2D eigenvalue weighted by Gasteiger charge is 2.03. The van der Waals surface area contributed by atoms with Crippen molar-refractivity contribution < 1.29 is 0 Å². The van der Waals surface area contributed by atoms with Crippen LogP contribution in [0, 0.1) is 11.3 Å². The zero-order valence-corrected chi connectivity index (χ0v) is 10.4. The molecule has 0 bridgehead atoms. The smallest absolute Gasteiger partial charge is 0.145 e. The average Bonchev–Trinajstić information content (AvgIpc) is 2.38. The second kappa shape index (κ2) is 5.48. The monoisotopic (exact) mass is 258 g/mol. The quantitative estimate of drug-likeness (QED) is 0.917. The van der Waals surface area contributed by atoms with E-state index in [0.717, 1.165) is 17.0 Å². The molecule has 18 heavy (non-hydrogen) atoms. The van der Waals surface area contributed by atoms with Gasteiger partial charge in [-0.2, -0.15) is 5.26 Å². The predicted octanol–water partition coefficient (Wildman–Crippen LogP) is 2.37. The first kappa shape index (κ1) is 12.3. The molecule has 2 rings (SSSR count). The molecule has 0 amide bonds. The maximum atomic E-state index is 8.72. The standard InChI is InChI=1S/C13H11ClN4/c14-11-4-1-9(2-5-11)3-6-12-17-8-10(7-15)13(16)18-12/h1-2,4-5,8H,3,6H2,(H2,16,17,18). The van der Waals surface area contributed by atoms with Gasteiger partial charge in [0.15, 0.2) is 0 Å². The van der Waals surface area contributed by atoms with Crippen molar-refractivity contribution in [2.24, 2.45) is 0 Å². The van der Waals surface area contributed by atoms with Gasteiger partial charge in [-0.1, -0.05) is 23.7 Å². The molecule has 0 saturated heterocycles. The Morgan fingerprint density at radius 1 is 1.22 bits per heavy atom. The molecular weight excluding hydrogens is 248 g/mol. The lowest BCUT2D eigenvalue weighted by atomic mass is 10.1. The molecule has 1 aromatic heterocycles. The van der Waals surface area contributed by atoms with Gasteiger partial charge >= 0.3 is 0 Å². The van der Waals surface area contributed by atoms with Gasteiger partial charge in [-0.15, -0.1) is 0 Å². The van der Waals surface area contributed by atoms with E-state index < -0.39 is 0 Å².